The second-order valence-electron chi connectivity index (χ2n) is 0.492. The molecule has 0 saturated carbocycles. The predicted molar refractivity (Wildman–Crippen MR) is 19.8 cm³/mol. The van der Waals surface area contributed by atoms with Crippen LogP contribution in [-0.4, -0.2) is 33.3 Å². The van der Waals surface area contributed by atoms with Gasteiger partial charge in [0.25, 0.3) is 0 Å². The zero-order chi connectivity index (χ0) is 3.58. The number of carbonyl (C=O) groups is 1. The van der Waals surface area contributed by atoms with Crippen LogP contribution >= 0.6 is 0 Å². The van der Waals surface area contributed by atoms with Gasteiger partial charge < -0.3 is 14.2 Å². The summed E-state index contributed by atoms with van der Waals surface area (Å²) in [6.07, 6.45) is 0. The zero-order valence-corrected chi connectivity index (χ0v) is 6.70. The summed E-state index contributed by atoms with van der Waals surface area (Å²) < 4.78 is 0. The van der Waals surface area contributed by atoms with Crippen LogP contribution in [0.15, 0.2) is 0 Å². The molecule has 0 heterocycles. The Bertz CT molecular complexity index is 38.3. The standard InChI is InChI=1S/C2H4O2.Pb.3H/c1-2(3)4;;;;/h1H3,(H,3,4);;;;/q;;3*-1/p-1. The molecule has 0 amide bonds. The first kappa shape index (κ1) is 9.04. The Morgan fingerprint density at radius 1 is 2.00 bits per heavy atom. The minimum Gasteiger partial charge on any atom is -1.00 e. The fraction of sp³-hybridized carbons (Fsp3) is 0.500. The maximum Gasteiger partial charge on any atom is 0.0383 e. The molecular formula is C2H6O2Pb-4. The van der Waals surface area contributed by atoms with Crippen molar-refractivity contribution in [3.63, 3.8) is 0 Å². The van der Waals surface area contributed by atoms with Gasteiger partial charge in [0.1, 0.15) is 0 Å². The molecule has 0 aromatic heterocycles. The monoisotopic (exact) mass is 270 g/mol. The predicted octanol–water partition coefficient (Wildman–Crippen LogP) is -1.29. The van der Waals surface area contributed by atoms with Gasteiger partial charge in [-0.3, -0.25) is 0 Å². The molecule has 4 radical (unpaired) electrons. The number of carboxylic acids is 1. The summed E-state index contributed by atoms with van der Waals surface area (Å²) in [4.78, 5) is 8.89. The first-order valence-corrected chi connectivity index (χ1v) is 0.908. The third kappa shape index (κ3) is 163. The first-order valence-electron chi connectivity index (χ1n) is 0.908. The van der Waals surface area contributed by atoms with E-state index in [9.17, 15) is 0 Å². The molecule has 0 atom stereocenters. The van der Waals surface area contributed by atoms with Gasteiger partial charge in [0.2, 0.25) is 0 Å². The van der Waals surface area contributed by atoms with Crippen molar-refractivity contribution in [1.29, 1.82) is 0 Å². The third-order valence-corrected chi connectivity index (χ3v) is 0. The molecule has 34 valence electrons. The molecule has 0 spiro atoms. The Morgan fingerprint density at radius 3 is 2.00 bits per heavy atom. The van der Waals surface area contributed by atoms with Crippen molar-refractivity contribution >= 4 is 33.3 Å². The van der Waals surface area contributed by atoms with E-state index in [4.69, 9.17) is 9.90 Å². The van der Waals surface area contributed by atoms with Gasteiger partial charge in [-0.05, 0) is 6.92 Å². The zero-order valence-electron chi connectivity index (χ0n) is 5.82. The molecule has 0 unspecified atom stereocenters. The van der Waals surface area contributed by atoms with E-state index >= 15 is 0 Å². The molecule has 0 aromatic carbocycles. The summed E-state index contributed by atoms with van der Waals surface area (Å²) in [5.41, 5.74) is 0. The largest absolute Gasteiger partial charge is 1.00 e. The van der Waals surface area contributed by atoms with Crippen molar-refractivity contribution in [3.05, 3.63) is 0 Å². The molecule has 5 heavy (non-hydrogen) atoms. The van der Waals surface area contributed by atoms with Gasteiger partial charge in [-0.1, -0.05) is 0 Å². The molecular weight excluding hydrogens is 263 g/mol. The van der Waals surface area contributed by atoms with E-state index in [2.05, 4.69) is 0 Å². The van der Waals surface area contributed by atoms with Crippen molar-refractivity contribution in [2.75, 3.05) is 0 Å². The Balaban J connectivity index is -0.00000000750. The van der Waals surface area contributed by atoms with Crippen LogP contribution in [0.3, 0.4) is 0 Å². The van der Waals surface area contributed by atoms with Gasteiger partial charge in [-0.2, -0.15) is 0 Å². The molecule has 0 rings (SSSR count). The van der Waals surface area contributed by atoms with Crippen LogP contribution < -0.4 is 5.11 Å². The topological polar surface area (TPSA) is 40.1 Å². The van der Waals surface area contributed by atoms with E-state index in [1.165, 1.54) is 0 Å². The third-order valence-electron chi connectivity index (χ3n) is 0. The SMILES string of the molecule is CC(=O)[O-].[H-].[H-].[H-].[Pb]. The van der Waals surface area contributed by atoms with Crippen LogP contribution in [-0.2, 0) is 4.79 Å². The second kappa shape index (κ2) is 4.39. The van der Waals surface area contributed by atoms with Crippen molar-refractivity contribution in [2.45, 2.75) is 6.92 Å². The number of hydrogen-bond acceptors (Lipinski definition) is 2. The fourth-order valence-corrected chi connectivity index (χ4v) is 0. The summed E-state index contributed by atoms with van der Waals surface area (Å²) in [6.45, 7) is 0.972. The van der Waals surface area contributed by atoms with Gasteiger partial charge in [-0.15, -0.1) is 0 Å². The Kier molecular flexibility index (Phi) is 7.94. The van der Waals surface area contributed by atoms with Crippen LogP contribution in [0.4, 0.5) is 0 Å². The number of rotatable bonds is 0. The van der Waals surface area contributed by atoms with E-state index in [-0.39, 0.29) is 31.6 Å². The van der Waals surface area contributed by atoms with Gasteiger partial charge in [0.05, 0.1) is 0 Å². The Hall–Kier alpha value is 0.392. The van der Waals surface area contributed by atoms with Crippen molar-refractivity contribution in [3.8, 4) is 0 Å². The molecule has 3 heteroatoms. The molecule has 0 aliphatic carbocycles. The molecule has 0 saturated heterocycles. The molecule has 0 bridgehead atoms. The maximum absolute atomic E-state index is 8.89. The minimum absolute atomic E-state index is 0. The van der Waals surface area contributed by atoms with Crippen molar-refractivity contribution in [1.82, 2.24) is 0 Å². The van der Waals surface area contributed by atoms with E-state index in [0.717, 1.165) is 6.92 Å². The van der Waals surface area contributed by atoms with Gasteiger partial charge in [-0.25, -0.2) is 0 Å². The van der Waals surface area contributed by atoms with Crippen LogP contribution in [0.2, 0.25) is 0 Å². The van der Waals surface area contributed by atoms with Crippen molar-refractivity contribution < 1.29 is 14.2 Å². The molecule has 0 aromatic rings. The minimum atomic E-state index is -1.08. The summed E-state index contributed by atoms with van der Waals surface area (Å²) in [7, 11) is 0. The second-order valence-corrected chi connectivity index (χ2v) is 0.492. The van der Waals surface area contributed by atoms with Crippen LogP contribution in [0.5, 0.6) is 0 Å². The van der Waals surface area contributed by atoms with Crippen LogP contribution in [0, 0.1) is 0 Å². The average molecular weight is 269 g/mol. The quantitative estimate of drug-likeness (QED) is 0.514. The van der Waals surface area contributed by atoms with Gasteiger partial charge in [0.15, 0.2) is 0 Å². The number of aliphatic carboxylic acids is 1. The number of carboxylic acid groups (broad SMARTS) is 1. The molecule has 0 aliphatic heterocycles. The molecule has 2 nitrogen and oxygen atoms in total. The summed E-state index contributed by atoms with van der Waals surface area (Å²) in [5.74, 6) is -1.08. The summed E-state index contributed by atoms with van der Waals surface area (Å²) in [5, 5.41) is 8.89. The van der Waals surface area contributed by atoms with Crippen LogP contribution in [0.25, 0.3) is 0 Å². The van der Waals surface area contributed by atoms with Gasteiger partial charge >= 0.3 is 0 Å². The maximum atomic E-state index is 8.89. The van der Waals surface area contributed by atoms with Crippen molar-refractivity contribution in [2.24, 2.45) is 0 Å². The summed E-state index contributed by atoms with van der Waals surface area (Å²) in [6, 6.07) is 0. The number of hydrogen-bond donors (Lipinski definition) is 0. The average Bonchev–Trinajstić information content (AvgIpc) is 0.811. The smallest absolute Gasteiger partial charge is 0.0383 e. The Morgan fingerprint density at radius 2 is 2.00 bits per heavy atom. The van der Waals surface area contributed by atoms with E-state index in [1.807, 2.05) is 0 Å². The van der Waals surface area contributed by atoms with E-state index < -0.39 is 5.97 Å². The Labute approximate surface area is 54.8 Å². The van der Waals surface area contributed by atoms with Crippen LogP contribution in [0.1, 0.15) is 11.2 Å². The normalized spacial score (nSPS) is 5.00. The fourth-order valence-electron chi connectivity index (χ4n) is 0. The first-order chi connectivity index (χ1) is 1.73. The summed E-state index contributed by atoms with van der Waals surface area (Å²) >= 11 is 0. The molecule has 0 N–H and O–H groups in total. The van der Waals surface area contributed by atoms with Gasteiger partial charge in [0, 0.05) is 33.3 Å². The molecule has 0 fully saturated rings. The van der Waals surface area contributed by atoms with E-state index in [1.54, 1.807) is 0 Å². The molecule has 0 aliphatic rings. The number of carbonyl (C=O) groups excluding carboxylic acids is 1. The van der Waals surface area contributed by atoms with E-state index in [0.29, 0.717) is 0 Å².